The highest BCUT2D eigenvalue weighted by molar-refractivity contribution is 5.76. The lowest BCUT2D eigenvalue weighted by Gasteiger charge is -2.37. The second-order valence-corrected chi connectivity index (χ2v) is 10.3. The quantitative estimate of drug-likeness (QED) is 0.645. The van der Waals surface area contributed by atoms with Gasteiger partial charge in [-0.25, -0.2) is 4.79 Å². The van der Waals surface area contributed by atoms with Gasteiger partial charge < -0.3 is 19.7 Å². The Bertz CT molecular complexity index is 736. The maximum absolute atomic E-state index is 12.9. The molecule has 2 amide bonds. The Hall–Kier alpha value is -2.12. The van der Waals surface area contributed by atoms with Gasteiger partial charge in [-0.15, -0.1) is 0 Å². The second-order valence-electron chi connectivity index (χ2n) is 10.3. The van der Waals surface area contributed by atoms with E-state index < -0.39 is 11.7 Å². The van der Waals surface area contributed by atoms with E-state index in [1.807, 2.05) is 56.0 Å². The summed E-state index contributed by atoms with van der Waals surface area (Å²) in [5.41, 5.74) is 0.578. The van der Waals surface area contributed by atoms with Crippen molar-refractivity contribution in [3.8, 4) is 0 Å². The van der Waals surface area contributed by atoms with E-state index in [0.29, 0.717) is 19.3 Å². The molecule has 184 valence electrons. The van der Waals surface area contributed by atoms with E-state index in [4.69, 9.17) is 9.47 Å². The summed E-state index contributed by atoms with van der Waals surface area (Å²) in [4.78, 5) is 29.7. The minimum atomic E-state index is -0.554. The molecule has 33 heavy (non-hydrogen) atoms. The van der Waals surface area contributed by atoms with Gasteiger partial charge in [0.05, 0.1) is 0 Å². The smallest absolute Gasteiger partial charge is 0.407 e. The van der Waals surface area contributed by atoms with E-state index >= 15 is 0 Å². The molecular weight excluding hydrogens is 418 g/mol. The summed E-state index contributed by atoms with van der Waals surface area (Å²) < 4.78 is 10.9. The van der Waals surface area contributed by atoms with Crippen LogP contribution in [0.15, 0.2) is 30.3 Å². The fraction of sp³-hybridized carbons (Fsp3) is 0.692. The zero-order valence-corrected chi connectivity index (χ0v) is 20.6. The van der Waals surface area contributed by atoms with Crippen molar-refractivity contribution in [1.82, 2.24) is 15.1 Å². The number of carbonyl (C=O) groups is 2. The lowest BCUT2D eigenvalue weighted by Crippen LogP contribution is -2.50. The van der Waals surface area contributed by atoms with Crippen LogP contribution in [0.25, 0.3) is 0 Å². The van der Waals surface area contributed by atoms with Crippen LogP contribution in [-0.2, 0) is 20.7 Å². The number of nitrogens with zero attached hydrogens (tertiary/aromatic N) is 2. The number of rotatable bonds is 8. The van der Waals surface area contributed by atoms with Crippen molar-refractivity contribution >= 4 is 12.0 Å². The Morgan fingerprint density at radius 2 is 1.76 bits per heavy atom. The SMILES string of the molecule is CC(C)(C)OC(=O)N[C@@H](CCC(=O)N1CCN(CC2CCOCC2)CC1)Cc1ccccc1. The summed E-state index contributed by atoms with van der Waals surface area (Å²) in [6.45, 7) is 11.9. The number of ether oxygens (including phenoxy) is 2. The molecule has 2 saturated heterocycles. The summed E-state index contributed by atoms with van der Waals surface area (Å²) in [6, 6.07) is 9.90. The van der Waals surface area contributed by atoms with Gasteiger partial charge in [0.1, 0.15) is 5.60 Å². The van der Waals surface area contributed by atoms with Crippen LogP contribution >= 0.6 is 0 Å². The third-order valence-corrected chi connectivity index (χ3v) is 6.33. The molecule has 0 unspecified atom stereocenters. The summed E-state index contributed by atoms with van der Waals surface area (Å²) >= 11 is 0. The number of piperazine rings is 1. The van der Waals surface area contributed by atoms with Gasteiger partial charge in [-0.2, -0.15) is 0 Å². The van der Waals surface area contributed by atoms with Crippen molar-refractivity contribution in [2.24, 2.45) is 5.92 Å². The van der Waals surface area contributed by atoms with E-state index in [1.165, 1.54) is 0 Å². The normalized spacial score (nSPS) is 19.2. The van der Waals surface area contributed by atoms with Crippen LogP contribution in [0.5, 0.6) is 0 Å². The average molecular weight is 460 g/mol. The minimum Gasteiger partial charge on any atom is -0.444 e. The van der Waals surface area contributed by atoms with Crippen LogP contribution in [0.2, 0.25) is 0 Å². The van der Waals surface area contributed by atoms with Crippen molar-refractivity contribution in [2.75, 3.05) is 45.9 Å². The molecule has 0 radical (unpaired) electrons. The predicted octanol–water partition coefficient (Wildman–Crippen LogP) is 3.47. The molecule has 2 aliphatic heterocycles. The number of hydrogen-bond donors (Lipinski definition) is 1. The number of hydrogen-bond acceptors (Lipinski definition) is 5. The van der Waals surface area contributed by atoms with Crippen LogP contribution in [0.3, 0.4) is 0 Å². The van der Waals surface area contributed by atoms with Gasteiger partial charge >= 0.3 is 6.09 Å². The topological polar surface area (TPSA) is 71.1 Å². The van der Waals surface area contributed by atoms with Crippen molar-refractivity contribution in [3.63, 3.8) is 0 Å². The molecule has 1 aromatic carbocycles. The second kappa shape index (κ2) is 12.4. The van der Waals surface area contributed by atoms with E-state index in [2.05, 4.69) is 10.2 Å². The van der Waals surface area contributed by atoms with Gasteiger partial charge in [0, 0.05) is 58.4 Å². The molecule has 1 aromatic rings. The molecule has 2 heterocycles. The molecule has 3 rings (SSSR count). The molecule has 7 nitrogen and oxygen atoms in total. The van der Waals surface area contributed by atoms with Gasteiger partial charge in [0.25, 0.3) is 0 Å². The maximum atomic E-state index is 12.9. The van der Waals surface area contributed by atoms with Crippen LogP contribution in [0, 0.1) is 5.92 Å². The van der Waals surface area contributed by atoms with Crippen molar-refractivity contribution in [3.05, 3.63) is 35.9 Å². The average Bonchev–Trinajstić information content (AvgIpc) is 2.78. The molecule has 0 aromatic heterocycles. The Kier molecular flexibility index (Phi) is 9.56. The molecule has 0 spiro atoms. The Morgan fingerprint density at radius 1 is 1.09 bits per heavy atom. The maximum Gasteiger partial charge on any atom is 0.407 e. The Labute approximate surface area is 198 Å². The summed E-state index contributed by atoms with van der Waals surface area (Å²) in [5, 5.41) is 2.98. The molecule has 0 bridgehead atoms. The molecule has 7 heteroatoms. The Morgan fingerprint density at radius 3 is 2.39 bits per heavy atom. The predicted molar refractivity (Wildman–Crippen MR) is 129 cm³/mol. The van der Waals surface area contributed by atoms with E-state index in [9.17, 15) is 9.59 Å². The summed E-state index contributed by atoms with van der Waals surface area (Å²) in [5.74, 6) is 0.892. The van der Waals surface area contributed by atoms with E-state index in [-0.39, 0.29) is 11.9 Å². The highest BCUT2D eigenvalue weighted by Crippen LogP contribution is 2.18. The van der Waals surface area contributed by atoms with Gasteiger partial charge in [-0.05, 0) is 57.9 Å². The summed E-state index contributed by atoms with van der Waals surface area (Å²) in [7, 11) is 0. The molecular formula is C26H41N3O4. The number of nitrogens with one attached hydrogen (secondary N) is 1. The lowest BCUT2D eigenvalue weighted by atomic mass is 9.99. The number of benzene rings is 1. The lowest BCUT2D eigenvalue weighted by molar-refractivity contribution is -0.133. The van der Waals surface area contributed by atoms with Gasteiger partial charge in [0.15, 0.2) is 0 Å². The number of carbonyl (C=O) groups excluding carboxylic acids is 2. The third-order valence-electron chi connectivity index (χ3n) is 6.33. The van der Waals surface area contributed by atoms with Crippen molar-refractivity contribution in [2.45, 2.75) is 64.5 Å². The number of amides is 2. The fourth-order valence-electron chi connectivity index (χ4n) is 4.53. The largest absolute Gasteiger partial charge is 0.444 e. The molecule has 2 aliphatic rings. The van der Waals surface area contributed by atoms with Crippen LogP contribution < -0.4 is 5.32 Å². The van der Waals surface area contributed by atoms with E-state index in [1.54, 1.807) is 0 Å². The van der Waals surface area contributed by atoms with Crippen molar-refractivity contribution < 1.29 is 19.1 Å². The van der Waals surface area contributed by atoms with Gasteiger partial charge in [-0.1, -0.05) is 30.3 Å². The molecule has 1 N–H and O–H groups in total. The standard InChI is InChI=1S/C26H41N3O4/c1-26(2,3)33-25(31)27-23(19-21-7-5-4-6-8-21)9-10-24(30)29-15-13-28(14-16-29)20-22-11-17-32-18-12-22/h4-8,22-23H,9-20H2,1-3H3,(H,27,31)/t23-/m0/s1. The van der Waals surface area contributed by atoms with Gasteiger partial charge in [0.2, 0.25) is 5.91 Å². The number of alkyl carbamates (subject to hydrolysis) is 1. The first-order valence-corrected chi connectivity index (χ1v) is 12.4. The summed E-state index contributed by atoms with van der Waals surface area (Å²) in [6.07, 6.45) is 3.55. The first-order chi connectivity index (χ1) is 15.8. The molecule has 0 aliphatic carbocycles. The van der Waals surface area contributed by atoms with E-state index in [0.717, 1.165) is 70.3 Å². The van der Waals surface area contributed by atoms with Crippen LogP contribution in [0.1, 0.15) is 52.0 Å². The minimum absolute atomic E-state index is 0.152. The first-order valence-electron chi connectivity index (χ1n) is 12.4. The zero-order chi connectivity index (χ0) is 23.7. The molecule has 0 saturated carbocycles. The van der Waals surface area contributed by atoms with Crippen molar-refractivity contribution in [1.29, 1.82) is 0 Å². The first kappa shape index (κ1) is 25.5. The zero-order valence-electron chi connectivity index (χ0n) is 20.6. The highest BCUT2D eigenvalue weighted by Gasteiger charge is 2.25. The van der Waals surface area contributed by atoms with Crippen LogP contribution in [0.4, 0.5) is 4.79 Å². The van der Waals surface area contributed by atoms with Crippen LogP contribution in [-0.4, -0.2) is 79.4 Å². The molecule has 2 fully saturated rings. The monoisotopic (exact) mass is 459 g/mol. The highest BCUT2D eigenvalue weighted by atomic mass is 16.6. The third kappa shape index (κ3) is 9.33. The van der Waals surface area contributed by atoms with Gasteiger partial charge in [-0.3, -0.25) is 9.69 Å². The fourth-order valence-corrected chi connectivity index (χ4v) is 4.53. The molecule has 1 atom stereocenters. The Balaban J connectivity index is 1.46.